The lowest BCUT2D eigenvalue weighted by molar-refractivity contribution is -0.587. The zero-order valence-corrected chi connectivity index (χ0v) is 22.8. The van der Waals surface area contributed by atoms with E-state index in [0.717, 1.165) is 59.4 Å². The van der Waals surface area contributed by atoms with Crippen molar-refractivity contribution in [3.05, 3.63) is 111 Å². The number of nitrogens with zero attached hydrogens (tertiary/aromatic N) is 3. The van der Waals surface area contributed by atoms with E-state index in [2.05, 4.69) is 34.9 Å². The molecule has 1 aromatic heterocycles. The van der Waals surface area contributed by atoms with Crippen LogP contribution < -0.4 is 9.63 Å². The molecular formula is C31H31ClF3N3O2. The Morgan fingerprint density at radius 1 is 0.950 bits per heavy atom. The first-order valence-corrected chi connectivity index (χ1v) is 13.6. The minimum atomic E-state index is -4.38. The quantitative estimate of drug-likeness (QED) is 0.215. The van der Waals surface area contributed by atoms with Crippen LogP contribution in [0.2, 0.25) is 5.02 Å². The van der Waals surface area contributed by atoms with Crippen molar-refractivity contribution in [3.8, 4) is 0 Å². The monoisotopic (exact) mass is 569 g/mol. The number of para-hydroxylation sites is 1. The molecule has 40 heavy (non-hydrogen) atoms. The largest absolute Gasteiger partial charge is 0.618 e. The number of pyridine rings is 1. The summed E-state index contributed by atoms with van der Waals surface area (Å²) in [6.45, 7) is 4.71. The Kier molecular flexibility index (Phi) is 7.70. The number of alkyl halides is 3. The van der Waals surface area contributed by atoms with Crippen LogP contribution in [0.15, 0.2) is 78.9 Å². The van der Waals surface area contributed by atoms with Crippen LogP contribution in [0, 0.1) is 5.21 Å². The number of hydrogen-bond donors (Lipinski definition) is 0. The summed E-state index contributed by atoms with van der Waals surface area (Å²) in [7, 11) is 0. The average Bonchev–Trinajstić information content (AvgIpc) is 2.93. The maximum atomic E-state index is 13.7. The summed E-state index contributed by atoms with van der Waals surface area (Å²) in [5.41, 5.74) is 3.57. The molecule has 1 fully saturated rings. The number of hydrogen-bond acceptors (Lipinski definition) is 3. The highest BCUT2D eigenvalue weighted by Gasteiger charge is 2.40. The summed E-state index contributed by atoms with van der Waals surface area (Å²) >= 11 is 6.28. The van der Waals surface area contributed by atoms with E-state index >= 15 is 0 Å². The smallest absolute Gasteiger partial charge is 0.416 e. The number of piperazine rings is 1. The molecule has 9 heteroatoms. The summed E-state index contributed by atoms with van der Waals surface area (Å²) in [5, 5.41) is 15.1. The molecular weight excluding hydrogens is 539 g/mol. The molecule has 1 aliphatic heterocycles. The molecule has 2 N–H and O–H groups in total. The van der Waals surface area contributed by atoms with Gasteiger partial charge in [-0.05, 0) is 67.3 Å². The second-order valence-electron chi connectivity index (χ2n) is 10.7. The van der Waals surface area contributed by atoms with Gasteiger partial charge in [-0.3, -0.25) is 4.90 Å². The standard InChI is InChI=1S/C31H29ClF3N3O.H2O/c1-20-19-36(26-5-3-2-4-6-26)13-14-37(20)29-17-22(21-7-9-24(10-8-21)31(33,34)35)18-30-27(29)16-23-15-25(32)11-12-28(23)38(30)39;/h2-12,15-16,20,22,29H,13-14,17-19H2,1H3;1H2. The number of rotatable bonds is 3. The van der Waals surface area contributed by atoms with E-state index < -0.39 is 11.7 Å². The highest BCUT2D eigenvalue weighted by atomic mass is 35.5. The average molecular weight is 570 g/mol. The fraction of sp³-hybridized carbons (Fsp3) is 0.323. The molecule has 0 radical (unpaired) electrons. The fourth-order valence-electron chi connectivity index (χ4n) is 6.36. The first kappa shape index (κ1) is 28.2. The molecule has 0 spiro atoms. The fourth-order valence-corrected chi connectivity index (χ4v) is 6.54. The third-order valence-electron chi connectivity index (χ3n) is 8.31. The van der Waals surface area contributed by atoms with Crippen molar-refractivity contribution in [2.45, 2.75) is 43.9 Å². The first-order chi connectivity index (χ1) is 18.7. The molecule has 3 unspecified atom stereocenters. The Balaban J connectivity index is 0.00000323. The van der Waals surface area contributed by atoms with Gasteiger partial charge in [-0.1, -0.05) is 41.9 Å². The van der Waals surface area contributed by atoms with Gasteiger partial charge < -0.3 is 15.6 Å². The number of anilines is 1. The molecule has 1 saturated heterocycles. The molecule has 4 aromatic rings. The Bertz CT molecular complexity index is 1500. The van der Waals surface area contributed by atoms with Crippen LogP contribution in [0.1, 0.15) is 47.7 Å². The van der Waals surface area contributed by atoms with Crippen LogP contribution >= 0.6 is 11.6 Å². The van der Waals surface area contributed by atoms with Gasteiger partial charge in [0.25, 0.3) is 0 Å². The van der Waals surface area contributed by atoms with E-state index in [4.69, 9.17) is 11.6 Å². The van der Waals surface area contributed by atoms with Crippen molar-refractivity contribution in [2.24, 2.45) is 0 Å². The van der Waals surface area contributed by atoms with Crippen molar-refractivity contribution in [2.75, 3.05) is 24.5 Å². The summed E-state index contributed by atoms with van der Waals surface area (Å²) in [4.78, 5) is 4.84. The van der Waals surface area contributed by atoms with Crippen LogP contribution in [-0.4, -0.2) is 36.1 Å². The zero-order valence-electron chi connectivity index (χ0n) is 22.0. The Labute approximate surface area is 236 Å². The van der Waals surface area contributed by atoms with Gasteiger partial charge in [0.1, 0.15) is 0 Å². The topological polar surface area (TPSA) is 64.9 Å². The van der Waals surface area contributed by atoms with Crippen molar-refractivity contribution < 1.29 is 23.4 Å². The number of aromatic nitrogens is 1. The first-order valence-electron chi connectivity index (χ1n) is 13.3. The lowest BCUT2D eigenvalue weighted by Gasteiger charge is -2.47. The van der Waals surface area contributed by atoms with Crippen molar-refractivity contribution >= 4 is 28.2 Å². The molecule has 3 aromatic carbocycles. The number of fused-ring (bicyclic) bond motifs is 2. The molecule has 210 valence electrons. The van der Waals surface area contributed by atoms with Crippen molar-refractivity contribution in [1.29, 1.82) is 0 Å². The van der Waals surface area contributed by atoms with E-state index in [9.17, 15) is 18.4 Å². The third-order valence-corrected chi connectivity index (χ3v) is 8.55. The molecule has 0 saturated carbocycles. The maximum Gasteiger partial charge on any atom is 0.416 e. The SMILES string of the molecule is CC1CN(c2ccccc2)CCN1C1CC(c2ccc(C(F)(F)F)cc2)Cc2c1cc1cc(Cl)ccc1[n+]2[O-].O. The van der Waals surface area contributed by atoms with Crippen LogP contribution in [0.4, 0.5) is 18.9 Å². The minimum Gasteiger partial charge on any atom is -0.618 e. The van der Waals surface area contributed by atoms with Crippen LogP contribution in [0.25, 0.3) is 10.9 Å². The van der Waals surface area contributed by atoms with Crippen molar-refractivity contribution in [1.82, 2.24) is 4.90 Å². The lowest BCUT2D eigenvalue weighted by atomic mass is 9.78. The highest BCUT2D eigenvalue weighted by Crippen LogP contribution is 2.43. The van der Waals surface area contributed by atoms with E-state index in [-0.39, 0.29) is 23.5 Å². The van der Waals surface area contributed by atoms with Gasteiger partial charge in [0.05, 0.1) is 5.56 Å². The molecule has 6 rings (SSSR count). The molecule has 0 amide bonds. The van der Waals surface area contributed by atoms with Gasteiger partial charge in [0.2, 0.25) is 5.52 Å². The predicted octanol–water partition coefficient (Wildman–Crippen LogP) is 6.30. The normalized spacial score (nSPS) is 21.6. The van der Waals surface area contributed by atoms with Crippen LogP contribution in [0.5, 0.6) is 0 Å². The molecule has 3 atom stereocenters. The number of halogens is 4. The van der Waals surface area contributed by atoms with Gasteiger partial charge in [-0.25, -0.2) is 0 Å². The van der Waals surface area contributed by atoms with E-state index in [1.54, 1.807) is 24.3 Å². The van der Waals surface area contributed by atoms with Gasteiger partial charge in [-0.2, -0.15) is 17.9 Å². The van der Waals surface area contributed by atoms with Gasteiger partial charge in [-0.15, -0.1) is 0 Å². The van der Waals surface area contributed by atoms with Gasteiger partial charge in [0, 0.05) is 65.9 Å². The summed E-state index contributed by atoms with van der Waals surface area (Å²) in [5.74, 6) is -0.0749. The van der Waals surface area contributed by atoms with E-state index in [0.29, 0.717) is 22.7 Å². The highest BCUT2D eigenvalue weighted by molar-refractivity contribution is 6.31. The molecule has 2 heterocycles. The lowest BCUT2D eigenvalue weighted by Crippen LogP contribution is -2.54. The Hall–Kier alpha value is -3.33. The van der Waals surface area contributed by atoms with Crippen LogP contribution in [-0.2, 0) is 12.6 Å². The molecule has 0 bridgehead atoms. The Morgan fingerprint density at radius 2 is 1.68 bits per heavy atom. The van der Waals surface area contributed by atoms with Crippen molar-refractivity contribution in [3.63, 3.8) is 0 Å². The zero-order chi connectivity index (χ0) is 27.3. The van der Waals surface area contributed by atoms with E-state index in [1.165, 1.54) is 5.69 Å². The summed E-state index contributed by atoms with van der Waals surface area (Å²) in [6, 6.07) is 23.3. The second kappa shape index (κ2) is 10.9. The minimum absolute atomic E-state index is 0. The Morgan fingerprint density at radius 3 is 2.35 bits per heavy atom. The molecule has 5 nitrogen and oxygen atoms in total. The maximum absolute atomic E-state index is 13.7. The molecule has 2 aliphatic rings. The number of benzene rings is 3. The predicted molar refractivity (Wildman–Crippen MR) is 152 cm³/mol. The van der Waals surface area contributed by atoms with Gasteiger partial charge in [0.15, 0.2) is 5.69 Å². The summed E-state index contributed by atoms with van der Waals surface area (Å²) < 4.78 is 40.7. The second-order valence-corrected chi connectivity index (χ2v) is 11.1. The van der Waals surface area contributed by atoms with E-state index in [1.807, 2.05) is 24.3 Å². The van der Waals surface area contributed by atoms with Crippen LogP contribution in [0.3, 0.4) is 0 Å². The third kappa shape index (κ3) is 5.23. The van der Waals surface area contributed by atoms with Gasteiger partial charge >= 0.3 is 6.18 Å². The summed E-state index contributed by atoms with van der Waals surface area (Å²) in [6.07, 6.45) is -3.19. The molecule has 1 aliphatic carbocycles.